The minimum Gasteiger partial charge on any atom is -0.487 e. The number of imidazole rings is 1. The minimum atomic E-state index is -4.44. The third kappa shape index (κ3) is 3.29. The lowest BCUT2D eigenvalue weighted by Crippen LogP contribution is -2.37. The van der Waals surface area contributed by atoms with Gasteiger partial charge >= 0.3 is 12.3 Å². The summed E-state index contributed by atoms with van der Waals surface area (Å²) in [5.74, 6) is 0.0810. The van der Waals surface area contributed by atoms with Crippen molar-refractivity contribution in [3.63, 3.8) is 0 Å². The molecule has 0 bridgehead atoms. The Bertz CT molecular complexity index is 758. The van der Waals surface area contributed by atoms with E-state index in [0.717, 1.165) is 12.1 Å². The fourth-order valence-electron chi connectivity index (χ4n) is 2.51. The van der Waals surface area contributed by atoms with Crippen LogP contribution < -0.4 is 4.74 Å². The number of halogens is 3. The molecule has 0 aliphatic carbocycles. The quantitative estimate of drug-likeness (QED) is 0.932. The van der Waals surface area contributed by atoms with E-state index in [1.54, 1.807) is 6.33 Å². The lowest BCUT2D eigenvalue weighted by atomic mass is 10.2. The van der Waals surface area contributed by atoms with Crippen LogP contribution in [0.25, 0.3) is 0 Å². The normalized spacial score (nSPS) is 14.4. The molecule has 2 heterocycles. The highest BCUT2D eigenvalue weighted by atomic mass is 19.4. The van der Waals surface area contributed by atoms with Crippen molar-refractivity contribution in [1.29, 1.82) is 0 Å². The largest absolute Gasteiger partial charge is 0.487 e. The van der Waals surface area contributed by atoms with Gasteiger partial charge in [0.25, 0.3) is 0 Å². The van der Waals surface area contributed by atoms with Gasteiger partial charge in [-0.1, -0.05) is 6.07 Å². The van der Waals surface area contributed by atoms with Gasteiger partial charge in [0.2, 0.25) is 0 Å². The van der Waals surface area contributed by atoms with E-state index in [4.69, 9.17) is 9.84 Å². The smallest absolute Gasteiger partial charge is 0.416 e. The second-order valence-electron chi connectivity index (χ2n) is 5.35. The first-order valence-electron chi connectivity index (χ1n) is 7.15. The van der Waals surface area contributed by atoms with Crippen LogP contribution in [0.1, 0.15) is 17.0 Å². The predicted molar refractivity (Wildman–Crippen MR) is 76.4 cm³/mol. The van der Waals surface area contributed by atoms with Crippen LogP contribution in [0.4, 0.5) is 18.0 Å². The number of nitrogens with zero attached hydrogens (tertiary/aromatic N) is 3. The maximum absolute atomic E-state index is 12.7. The Hall–Kier alpha value is -2.71. The Kier molecular flexibility index (Phi) is 4.08. The molecule has 0 saturated carbocycles. The molecule has 24 heavy (non-hydrogen) atoms. The highest BCUT2D eigenvalue weighted by molar-refractivity contribution is 5.65. The van der Waals surface area contributed by atoms with Crippen LogP contribution in [-0.2, 0) is 25.9 Å². The molecule has 6 nitrogen and oxygen atoms in total. The second kappa shape index (κ2) is 6.06. The van der Waals surface area contributed by atoms with E-state index in [1.807, 2.05) is 4.57 Å². The molecule has 0 saturated heterocycles. The standard InChI is InChI=1S/C15H14F3N3O3/c16-15(17,18)10-2-1-3-11(6-10)24-8-12-13-7-20(14(22)23)4-5-21(13)9-19-12/h1-3,6,9H,4-5,7-8H2,(H,22,23). The number of aromatic nitrogens is 2. The molecule has 2 aromatic rings. The highest BCUT2D eigenvalue weighted by Crippen LogP contribution is 2.31. The summed E-state index contributed by atoms with van der Waals surface area (Å²) in [6, 6.07) is 4.59. The number of ether oxygens (including phenoxy) is 1. The molecule has 1 aromatic carbocycles. The summed E-state index contributed by atoms with van der Waals surface area (Å²) in [6.07, 6.45) is -3.87. The summed E-state index contributed by atoms with van der Waals surface area (Å²) >= 11 is 0. The SMILES string of the molecule is O=C(O)N1CCn2cnc(COc3cccc(C(F)(F)F)c3)c2C1. The third-order valence-electron chi connectivity index (χ3n) is 3.79. The van der Waals surface area contributed by atoms with Crippen LogP contribution in [0.3, 0.4) is 0 Å². The van der Waals surface area contributed by atoms with Gasteiger partial charge in [-0.15, -0.1) is 0 Å². The molecule has 0 atom stereocenters. The van der Waals surface area contributed by atoms with Crippen molar-refractivity contribution in [2.24, 2.45) is 0 Å². The van der Waals surface area contributed by atoms with Crippen molar-refractivity contribution in [3.8, 4) is 5.75 Å². The van der Waals surface area contributed by atoms with Crippen LogP contribution in [0.15, 0.2) is 30.6 Å². The number of alkyl halides is 3. The monoisotopic (exact) mass is 341 g/mol. The summed E-state index contributed by atoms with van der Waals surface area (Å²) in [6.45, 7) is 0.999. The van der Waals surface area contributed by atoms with Gasteiger partial charge in [-0.25, -0.2) is 9.78 Å². The Morgan fingerprint density at radius 1 is 1.33 bits per heavy atom. The second-order valence-corrected chi connectivity index (χ2v) is 5.35. The average Bonchev–Trinajstić information content (AvgIpc) is 2.94. The van der Waals surface area contributed by atoms with Crippen LogP contribution in [0.2, 0.25) is 0 Å². The van der Waals surface area contributed by atoms with Crippen molar-refractivity contribution < 1.29 is 27.8 Å². The zero-order valence-electron chi connectivity index (χ0n) is 12.5. The lowest BCUT2D eigenvalue weighted by Gasteiger charge is -2.26. The summed E-state index contributed by atoms with van der Waals surface area (Å²) in [7, 11) is 0. The first kappa shape index (κ1) is 16.2. The first-order chi connectivity index (χ1) is 11.3. The molecule has 1 aliphatic rings. The number of hydrogen-bond acceptors (Lipinski definition) is 3. The fraction of sp³-hybridized carbons (Fsp3) is 0.333. The molecule has 0 fully saturated rings. The average molecular weight is 341 g/mol. The molecule has 0 spiro atoms. The number of benzene rings is 1. The number of carbonyl (C=O) groups is 1. The third-order valence-corrected chi connectivity index (χ3v) is 3.79. The summed E-state index contributed by atoms with van der Waals surface area (Å²) in [4.78, 5) is 16.5. The van der Waals surface area contributed by atoms with Crippen molar-refractivity contribution in [3.05, 3.63) is 47.5 Å². The van der Waals surface area contributed by atoms with Crippen molar-refractivity contribution in [2.75, 3.05) is 6.54 Å². The minimum absolute atomic E-state index is 0.0307. The number of amides is 1. The van der Waals surface area contributed by atoms with Crippen LogP contribution in [-0.4, -0.2) is 32.2 Å². The molecular weight excluding hydrogens is 327 g/mol. The van der Waals surface area contributed by atoms with Crippen molar-refractivity contribution in [1.82, 2.24) is 14.5 Å². The molecule has 1 N–H and O–H groups in total. The first-order valence-corrected chi connectivity index (χ1v) is 7.15. The Morgan fingerprint density at radius 2 is 2.12 bits per heavy atom. The molecule has 1 aliphatic heterocycles. The summed E-state index contributed by atoms with van der Waals surface area (Å²) in [5.41, 5.74) is 0.415. The van der Waals surface area contributed by atoms with E-state index in [-0.39, 0.29) is 18.9 Å². The molecule has 9 heteroatoms. The molecule has 128 valence electrons. The van der Waals surface area contributed by atoms with E-state index >= 15 is 0 Å². The topological polar surface area (TPSA) is 67.6 Å². The van der Waals surface area contributed by atoms with Crippen molar-refractivity contribution >= 4 is 6.09 Å². The Balaban J connectivity index is 1.73. The van der Waals surface area contributed by atoms with E-state index in [0.29, 0.717) is 24.5 Å². The maximum Gasteiger partial charge on any atom is 0.416 e. The van der Waals surface area contributed by atoms with E-state index in [2.05, 4.69) is 4.98 Å². The number of carboxylic acid groups (broad SMARTS) is 1. The predicted octanol–water partition coefficient (Wildman–Crippen LogP) is 2.97. The molecule has 1 aromatic heterocycles. The van der Waals surface area contributed by atoms with Gasteiger partial charge in [0.05, 0.1) is 24.1 Å². The molecule has 1 amide bonds. The zero-order chi connectivity index (χ0) is 17.3. The van der Waals surface area contributed by atoms with E-state index in [1.165, 1.54) is 17.0 Å². The number of hydrogen-bond donors (Lipinski definition) is 1. The Labute approximate surface area is 135 Å². The molecular formula is C15H14F3N3O3. The van der Waals surface area contributed by atoms with Gasteiger partial charge in [-0.05, 0) is 18.2 Å². The maximum atomic E-state index is 12.7. The van der Waals surface area contributed by atoms with Crippen LogP contribution in [0.5, 0.6) is 5.75 Å². The lowest BCUT2D eigenvalue weighted by molar-refractivity contribution is -0.137. The Morgan fingerprint density at radius 3 is 2.83 bits per heavy atom. The highest BCUT2D eigenvalue weighted by Gasteiger charge is 2.30. The van der Waals surface area contributed by atoms with E-state index in [9.17, 15) is 18.0 Å². The molecule has 0 unspecified atom stereocenters. The molecule has 0 radical (unpaired) electrons. The van der Waals surface area contributed by atoms with Gasteiger partial charge in [-0.2, -0.15) is 13.2 Å². The summed E-state index contributed by atoms with van der Waals surface area (Å²) in [5, 5.41) is 9.07. The van der Waals surface area contributed by atoms with Gasteiger partial charge in [0.15, 0.2) is 0 Å². The van der Waals surface area contributed by atoms with Gasteiger partial charge < -0.3 is 19.3 Å². The van der Waals surface area contributed by atoms with E-state index < -0.39 is 17.8 Å². The zero-order valence-corrected chi connectivity index (χ0v) is 12.5. The van der Waals surface area contributed by atoms with Crippen LogP contribution >= 0.6 is 0 Å². The summed E-state index contributed by atoms with van der Waals surface area (Å²) < 4.78 is 45.3. The number of rotatable bonds is 3. The van der Waals surface area contributed by atoms with Crippen LogP contribution in [0, 0.1) is 0 Å². The van der Waals surface area contributed by atoms with Gasteiger partial charge in [0.1, 0.15) is 18.1 Å². The van der Waals surface area contributed by atoms with Gasteiger partial charge in [-0.3, -0.25) is 0 Å². The van der Waals surface area contributed by atoms with Crippen molar-refractivity contribution in [2.45, 2.75) is 25.9 Å². The van der Waals surface area contributed by atoms with Gasteiger partial charge in [0, 0.05) is 13.1 Å². The molecule has 3 rings (SSSR count). The number of fused-ring (bicyclic) bond motifs is 1. The fourth-order valence-corrected chi connectivity index (χ4v) is 2.51.